The highest BCUT2D eigenvalue weighted by atomic mass is 16.4. The van der Waals surface area contributed by atoms with Gasteiger partial charge < -0.3 is 25.5 Å². The van der Waals surface area contributed by atoms with Crippen molar-refractivity contribution in [3.8, 4) is 0 Å². The normalized spacial score (nSPS) is 10.5. The van der Waals surface area contributed by atoms with Gasteiger partial charge in [0, 0.05) is 12.0 Å². The molecule has 0 aliphatic heterocycles. The number of imidazole rings is 2. The molecule has 0 fully saturated rings. The van der Waals surface area contributed by atoms with Crippen LogP contribution in [0.15, 0.2) is 62.8 Å². The van der Waals surface area contributed by atoms with Gasteiger partial charge in [0.25, 0.3) is 0 Å². The van der Waals surface area contributed by atoms with Crippen LogP contribution in [0.4, 0.5) is 0 Å². The van der Waals surface area contributed by atoms with Crippen molar-refractivity contribution >= 4 is 11.9 Å². The maximum Gasteiger partial charge on any atom is 0.243 e. The van der Waals surface area contributed by atoms with Crippen molar-refractivity contribution in [2.45, 2.75) is 32.0 Å². The van der Waals surface area contributed by atoms with Crippen LogP contribution in [0.25, 0.3) is 0 Å². The molecule has 0 saturated heterocycles. The van der Waals surface area contributed by atoms with E-state index < -0.39 is 18.0 Å². The third-order valence-corrected chi connectivity index (χ3v) is 3.29. The van der Waals surface area contributed by atoms with Crippen molar-refractivity contribution in [2.75, 3.05) is 0 Å². The van der Waals surface area contributed by atoms with E-state index in [9.17, 15) is 19.8 Å². The summed E-state index contributed by atoms with van der Waals surface area (Å²) >= 11 is 0. The fraction of sp³-hybridized carbons (Fsp3) is 0.368. The van der Waals surface area contributed by atoms with Crippen molar-refractivity contribution in [3.05, 3.63) is 62.8 Å². The van der Waals surface area contributed by atoms with Crippen molar-refractivity contribution in [1.82, 2.24) is 9.13 Å². The number of nitrogens with zero attached hydrogens (tertiary/aromatic N) is 4. The predicted octanol–water partition coefficient (Wildman–Crippen LogP) is -2.41. The zero-order chi connectivity index (χ0) is 21.5. The first kappa shape index (κ1) is 24.8. The monoisotopic (exact) mass is 391 g/mol. The molecule has 1 atom stereocenters. The summed E-state index contributed by atoms with van der Waals surface area (Å²) in [5.74, 6) is -2.75. The molecule has 2 aromatic rings. The lowest BCUT2D eigenvalue weighted by Gasteiger charge is -2.11. The van der Waals surface area contributed by atoms with Gasteiger partial charge >= 0.3 is 0 Å². The largest absolute Gasteiger partial charge is 0.550 e. The van der Waals surface area contributed by atoms with E-state index in [4.69, 9.17) is 5.73 Å². The maximum atomic E-state index is 9.86. The van der Waals surface area contributed by atoms with Crippen LogP contribution in [0.5, 0.6) is 0 Å². The van der Waals surface area contributed by atoms with E-state index in [0.717, 1.165) is 13.1 Å². The molecule has 0 unspecified atom stereocenters. The van der Waals surface area contributed by atoms with Crippen LogP contribution in [0.1, 0.15) is 12.8 Å². The Labute approximate surface area is 165 Å². The summed E-state index contributed by atoms with van der Waals surface area (Å²) in [5.41, 5.74) is 4.91. The van der Waals surface area contributed by atoms with Gasteiger partial charge in [-0.05, 0) is 12.8 Å². The van der Waals surface area contributed by atoms with E-state index in [1.54, 1.807) is 0 Å². The van der Waals surface area contributed by atoms with Crippen molar-refractivity contribution < 1.29 is 28.9 Å². The molecule has 0 radical (unpaired) electrons. The molecule has 28 heavy (non-hydrogen) atoms. The van der Waals surface area contributed by atoms with Gasteiger partial charge in [-0.2, -0.15) is 0 Å². The summed E-state index contributed by atoms with van der Waals surface area (Å²) in [6, 6.07) is -1.21. The average molecular weight is 391 g/mol. The average Bonchev–Trinajstić information content (AvgIpc) is 3.22. The Morgan fingerprint density at radius 1 is 1.04 bits per heavy atom. The Morgan fingerprint density at radius 3 is 1.71 bits per heavy atom. The van der Waals surface area contributed by atoms with Gasteiger partial charge in [0.2, 0.25) is 12.7 Å². The van der Waals surface area contributed by atoms with E-state index in [1.807, 2.05) is 72.8 Å². The van der Waals surface area contributed by atoms with Crippen LogP contribution >= 0.6 is 0 Å². The molecule has 9 nitrogen and oxygen atoms in total. The zero-order valence-corrected chi connectivity index (χ0v) is 16.4. The SMILES string of the molecule is C=CCn1cc[n+](C)c1.C=CCn1cc[n+](C)c1.N[C@@H](CCC(=O)[O-])C(=O)[O-]. The molecule has 0 saturated carbocycles. The van der Waals surface area contributed by atoms with E-state index >= 15 is 0 Å². The van der Waals surface area contributed by atoms with Crippen molar-refractivity contribution in [1.29, 1.82) is 0 Å². The van der Waals surface area contributed by atoms with Crippen LogP contribution in [-0.2, 0) is 36.8 Å². The summed E-state index contributed by atoms with van der Waals surface area (Å²) in [5, 5.41) is 19.6. The molecular weight excluding hydrogens is 362 g/mol. The Kier molecular flexibility index (Phi) is 12.3. The first-order chi connectivity index (χ1) is 13.2. The minimum Gasteiger partial charge on any atom is -0.550 e. The quantitative estimate of drug-likeness (QED) is 0.397. The minimum atomic E-state index is -1.44. The van der Waals surface area contributed by atoms with Gasteiger partial charge in [0.15, 0.2) is 0 Å². The molecule has 9 heteroatoms. The van der Waals surface area contributed by atoms with Gasteiger partial charge in [0.1, 0.15) is 37.9 Å². The van der Waals surface area contributed by atoms with Gasteiger partial charge in [0.05, 0.1) is 20.1 Å². The number of allylic oxidation sites excluding steroid dienone is 2. The lowest BCUT2D eigenvalue weighted by molar-refractivity contribution is -0.671. The third-order valence-electron chi connectivity index (χ3n) is 3.29. The maximum absolute atomic E-state index is 9.86. The van der Waals surface area contributed by atoms with E-state index in [2.05, 4.69) is 22.3 Å². The number of carbonyl (C=O) groups excluding carboxylic acids is 2. The first-order valence-corrected chi connectivity index (χ1v) is 8.59. The Hall–Kier alpha value is -3.20. The number of rotatable bonds is 8. The molecule has 2 N–H and O–H groups in total. The number of aliphatic carboxylic acids is 2. The zero-order valence-electron chi connectivity index (χ0n) is 16.4. The molecule has 0 aliphatic rings. The third kappa shape index (κ3) is 12.2. The molecule has 154 valence electrons. The lowest BCUT2D eigenvalue weighted by atomic mass is 10.2. The fourth-order valence-electron chi connectivity index (χ4n) is 1.91. The van der Waals surface area contributed by atoms with E-state index in [1.165, 1.54) is 0 Å². The van der Waals surface area contributed by atoms with E-state index in [0.29, 0.717) is 0 Å². The highest BCUT2D eigenvalue weighted by Crippen LogP contribution is 1.90. The topological polar surface area (TPSA) is 124 Å². The number of carboxylic acid groups (broad SMARTS) is 2. The van der Waals surface area contributed by atoms with E-state index in [-0.39, 0.29) is 12.8 Å². The molecule has 0 aromatic carbocycles. The van der Waals surface area contributed by atoms with Crippen LogP contribution in [0.3, 0.4) is 0 Å². The number of hydrogen-bond acceptors (Lipinski definition) is 5. The Balaban J connectivity index is 0.000000391. The smallest absolute Gasteiger partial charge is 0.243 e. The number of nitrogens with two attached hydrogens (primary N) is 1. The predicted molar refractivity (Wildman–Crippen MR) is 98.8 cm³/mol. The number of hydrogen-bond donors (Lipinski definition) is 1. The Bertz CT molecular complexity index is 705. The highest BCUT2D eigenvalue weighted by molar-refractivity contribution is 5.72. The second-order valence-corrected chi connectivity index (χ2v) is 5.97. The molecule has 0 amide bonds. The summed E-state index contributed by atoms with van der Waals surface area (Å²) < 4.78 is 8.13. The van der Waals surface area contributed by atoms with Gasteiger partial charge in [-0.25, -0.2) is 18.3 Å². The number of carbonyl (C=O) groups is 2. The van der Waals surface area contributed by atoms with Crippen molar-refractivity contribution in [2.24, 2.45) is 19.8 Å². The van der Waals surface area contributed by atoms with Gasteiger partial charge in [-0.1, -0.05) is 25.3 Å². The number of aryl methyl sites for hydroxylation is 2. The van der Waals surface area contributed by atoms with Crippen LogP contribution < -0.4 is 25.1 Å². The lowest BCUT2D eigenvalue weighted by Crippen LogP contribution is -2.42. The van der Waals surface area contributed by atoms with Gasteiger partial charge in [-0.3, -0.25) is 0 Å². The Morgan fingerprint density at radius 2 is 1.46 bits per heavy atom. The minimum absolute atomic E-state index is 0.148. The number of carboxylic acids is 2. The molecule has 2 aromatic heterocycles. The summed E-state index contributed by atoms with van der Waals surface area (Å²) in [6.45, 7) is 9.05. The highest BCUT2D eigenvalue weighted by Gasteiger charge is 2.01. The molecule has 2 rings (SSSR count). The summed E-state index contributed by atoms with van der Waals surface area (Å²) in [7, 11) is 4.00. The molecule has 2 heterocycles. The van der Waals surface area contributed by atoms with Crippen LogP contribution in [0.2, 0.25) is 0 Å². The first-order valence-electron chi connectivity index (χ1n) is 8.59. The summed E-state index contributed by atoms with van der Waals surface area (Å²) in [6.07, 6.45) is 15.3. The van der Waals surface area contributed by atoms with Gasteiger partial charge in [-0.15, -0.1) is 0 Å². The molecule has 0 spiro atoms. The number of aromatic nitrogens is 4. The van der Waals surface area contributed by atoms with Crippen molar-refractivity contribution in [3.63, 3.8) is 0 Å². The molecular formula is C19H29N5O4. The standard InChI is InChI=1S/2C7H11N2.C5H9NO4/c2*1-3-4-9-6-5-8(2)7-9;6-3(5(9)10)1-2-4(7)8/h2*3,5-7H,1,4H2,2H3;3H,1-2,6H2,(H,7,8)(H,9,10)/q2*+1;/p-2/t;;3-/m..0/s1. The molecule has 0 aliphatic carbocycles. The van der Waals surface area contributed by atoms with Crippen LogP contribution in [0, 0.1) is 0 Å². The second kappa shape index (κ2) is 13.9. The summed E-state index contributed by atoms with van der Waals surface area (Å²) in [4.78, 5) is 19.6. The molecule has 0 bridgehead atoms. The fourth-order valence-corrected chi connectivity index (χ4v) is 1.91. The van der Waals surface area contributed by atoms with Crippen LogP contribution in [-0.4, -0.2) is 27.1 Å². The second-order valence-electron chi connectivity index (χ2n) is 5.97.